The van der Waals surface area contributed by atoms with Gasteiger partial charge in [0.2, 0.25) is 17.7 Å². The highest BCUT2D eigenvalue weighted by atomic mass is 16.5. The molecule has 0 saturated carbocycles. The molecular formula is C11H18N4O2. The Morgan fingerprint density at radius 2 is 2.29 bits per heavy atom. The van der Waals surface area contributed by atoms with E-state index in [-0.39, 0.29) is 12.3 Å². The first-order valence-corrected chi connectivity index (χ1v) is 5.62. The SMILES string of the molecule is CCCOc1cc(C)nc(NCCC(N)=O)n1. The van der Waals surface area contributed by atoms with E-state index in [0.717, 1.165) is 12.1 Å². The van der Waals surface area contributed by atoms with E-state index in [9.17, 15) is 4.79 Å². The third kappa shape index (κ3) is 5.14. The molecule has 0 radical (unpaired) electrons. The smallest absolute Gasteiger partial charge is 0.226 e. The van der Waals surface area contributed by atoms with Crippen molar-refractivity contribution in [3.63, 3.8) is 0 Å². The molecule has 17 heavy (non-hydrogen) atoms. The molecule has 3 N–H and O–H groups in total. The summed E-state index contributed by atoms with van der Waals surface area (Å²) in [4.78, 5) is 18.9. The van der Waals surface area contributed by atoms with E-state index < -0.39 is 0 Å². The number of carbonyl (C=O) groups is 1. The summed E-state index contributed by atoms with van der Waals surface area (Å²) in [7, 11) is 0. The molecule has 0 aromatic carbocycles. The number of hydrogen-bond acceptors (Lipinski definition) is 5. The van der Waals surface area contributed by atoms with Gasteiger partial charge < -0.3 is 15.8 Å². The van der Waals surface area contributed by atoms with Crippen LogP contribution in [0.2, 0.25) is 0 Å². The van der Waals surface area contributed by atoms with E-state index in [0.29, 0.717) is 25.0 Å². The second-order valence-corrected chi connectivity index (χ2v) is 3.66. The minimum atomic E-state index is -0.354. The molecule has 0 atom stereocenters. The van der Waals surface area contributed by atoms with Crippen molar-refractivity contribution in [2.45, 2.75) is 26.7 Å². The summed E-state index contributed by atoms with van der Waals surface area (Å²) in [6.07, 6.45) is 1.18. The Bertz CT molecular complexity index is 382. The number of nitrogens with zero attached hydrogens (tertiary/aromatic N) is 2. The van der Waals surface area contributed by atoms with Crippen molar-refractivity contribution >= 4 is 11.9 Å². The third-order valence-electron chi connectivity index (χ3n) is 1.94. The molecule has 6 nitrogen and oxygen atoms in total. The number of nitrogens with two attached hydrogens (primary N) is 1. The summed E-state index contributed by atoms with van der Waals surface area (Å²) in [6, 6.07) is 1.77. The number of primary amides is 1. The number of nitrogens with one attached hydrogen (secondary N) is 1. The second-order valence-electron chi connectivity index (χ2n) is 3.66. The Labute approximate surface area is 101 Å². The van der Waals surface area contributed by atoms with Crippen LogP contribution >= 0.6 is 0 Å². The van der Waals surface area contributed by atoms with Gasteiger partial charge in [-0.25, -0.2) is 4.98 Å². The van der Waals surface area contributed by atoms with Crippen molar-refractivity contribution in [1.29, 1.82) is 0 Å². The molecule has 1 aromatic rings. The second kappa shape index (κ2) is 6.67. The van der Waals surface area contributed by atoms with E-state index in [1.54, 1.807) is 6.07 Å². The summed E-state index contributed by atoms with van der Waals surface area (Å²) in [5, 5.41) is 2.93. The number of aryl methyl sites for hydroxylation is 1. The highest BCUT2D eigenvalue weighted by molar-refractivity contribution is 5.74. The van der Waals surface area contributed by atoms with Gasteiger partial charge in [0.1, 0.15) is 0 Å². The monoisotopic (exact) mass is 238 g/mol. The van der Waals surface area contributed by atoms with Crippen LogP contribution < -0.4 is 15.8 Å². The maximum Gasteiger partial charge on any atom is 0.226 e. The minimum Gasteiger partial charge on any atom is -0.478 e. The molecule has 0 unspecified atom stereocenters. The van der Waals surface area contributed by atoms with E-state index in [1.165, 1.54) is 0 Å². The zero-order valence-electron chi connectivity index (χ0n) is 10.2. The first kappa shape index (κ1) is 13.2. The Balaban J connectivity index is 2.58. The molecule has 0 bridgehead atoms. The van der Waals surface area contributed by atoms with Crippen LogP contribution in [0.4, 0.5) is 5.95 Å². The van der Waals surface area contributed by atoms with Crippen molar-refractivity contribution in [3.8, 4) is 5.88 Å². The fraction of sp³-hybridized carbons (Fsp3) is 0.545. The van der Waals surface area contributed by atoms with Gasteiger partial charge in [0.15, 0.2) is 0 Å². The van der Waals surface area contributed by atoms with Crippen LogP contribution in [0.3, 0.4) is 0 Å². The van der Waals surface area contributed by atoms with Crippen LogP contribution in [0.1, 0.15) is 25.5 Å². The predicted molar refractivity (Wildman–Crippen MR) is 64.9 cm³/mol. The fourth-order valence-corrected chi connectivity index (χ4v) is 1.20. The lowest BCUT2D eigenvalue weighted by Gasteiger charge is -2.08. The highest BCUT2D eigenvalue weighted by Gasteiger charge is 2.03. The molecule has 1 amide bonds. The van der Waals surface area contributed by atoms with Crippen molar-refractivity contribution in [3.05, 3.63) is 11.8 Å². The normalized spacial score (nSPS) is 10.0. The average Bonchev–Trinajstić information content (AvgIpc) is 2.25. The molecule has 0 aliphatic heterocycles. The topological polar surface area (TPSA) is 90.1 Å². The van der Waals surface area contributed by atoms with Crippen LogP contribution in [-0.4, -0.2) is 29.0 Å². The zero-order chi connectivity index (χ0) is 12.7. The van der Waals surface area contributed by atoms with Crippen molar-refractivity contribution in [1.82, 2.24) is 9.97 Å². The van der Waals surface area contributed by atoms with Crippen molar-refractivity contribution in [2.75, 3.05) is 18.5 Å². The molecule has 94 valence electrons. The average molecular weight is 238 g/mol. The first-order chi connectivity index (χ1) is 8.11. The Kier molecular flexibility index (Phi) is 5.19. The number of hydrogen-bond donors (Lipinski definition) is 2. The first-order valence-electron chi connectivity index (χ1n) is 5.62. The van der Waals surface area contributed by atoms with Gasteiger partial charge in [0, 0.05) is 24.7 Å². The summed E-state index contributed by atoms with van der Waals surface area (Å²) >= 11 is 0. The zero-order valence-corrected chi connectivity index (χ0v) is 10.2. The van der Waals surface area contributed by atoms with Crippen LogP contribution in [0, 0.1) is 6.92 Å². The van der Waals surface area contributed by atoms with E-state index in [4.69, 9.17) is 10.5 Å². The molecule has 6 heteroatoms. The molecule has 0 aliphatic rings. The lowest BCUT2D eigenvalue weighted by Crippen LogP contribution is -2.17. The molecule has 1 heterocycles. The van der Waals surface area contributed by atoms with E-state index >= 15 is 0 Å². The van der Waals surface area contributed by atoms with E-state index in [1.807, 2.05) is 13.8 Å². The van der Waals surface area contributed by atoms with Gasteiger partial charge in [0.05, 0.1) is 6.61 Å². The van der Waals surface area contributed by atoms with Crippen LogP contribution in [0.25, 0.3) is 0 Å². The Morgan fingerprint density at radius 1 is 1.53 bits per heavy atom. The number of amides is 1. The van der Waals surface area contributed by atoms with Crippen LogP contribution in [0.15, 0.2) is 6.07 Å². The molecule has 1 rings (SSSR count). The van der Waals surface area contributed by atoms with Gasteiger partial charge in [-0.05, 0) is 13.3 Å². The Morgan fingerprint density at radius 3 is 2.94 bits per heavy atom. The number of ether oxygens (including phenoxy) is 1. The fourth-order valence-electron chi connectivity index (χ4n) is 1.20. The molecule has 0 fully saturated rings. The van der Waals surface area contributed by atoms with Gasteiger partial charge in [-0.1, -0.05) is 6.92 Å². The highest BCUT2D eigenvalue weighted by Crippen LogP contribution is 2.12. The van der Waals surface area contributed by atoms with Gasteiger partial charge in [-0.3, -0.25) is 4.79 Å². The molecular weight excluding hydrogens is 220 g/mol. The minimum absolute atomic E-state index is 0.252. The summed E-state index contributed by atoms with van der Waals surface area (Å²) in [6.45, 7) is 4.93. The van der Waals surface area contributed by atoms with Gasteiger partial charge in [-0.2, -0.15) is 4.98 Å². The molecule has 0 saturated heterocycles. The maximum absolute atomic E-state index is 10.6. The quantitative estimate of drug-likeness (QED) is 0.735. The van der Waals surface area contributed by atoms with Crippen molar-refractivity contribution in [2.24, 2.45) is 5.73 Å². The standard InChI is InChI=1S/C11H18N4O2/c1-3-6-17-10-7-8(2)14-11(15-10)13-5-4-9(12)16/h7H,3-6H2,1-2H3,(H2,12,16)(H,13,14,15). The number of aromatic nitrogens is 2. The summed E-state index contributed by atoms with van der Waals surface area (Å²) < 4.78 is 5.42. The summed E-state index contributed by atoms with van der Waals surface area (Å²) in [5.74, 6) is 0.644. The van der Waals surface area contributed by atoms with Crippen LogP contribution in [0.5, 0.6) is 5.88 Å². The number of carbonyl (C=O) groups excluding carboxylic acids is 1. The molecule has 1 aromatic heterocycles. The largest absolute Gasteiger partial charge is 0.478 e. The number of anilines is 1. The summed E-state index contributed by atoms with van der Waals surface area (Å²) in [5.41, 5.74) is 5.85. The molecule has 0 aliphatic carbocycles. The maximum atomic E-state index is 10.6. The predicted octanol–water partition coefficient (Wildman–Crippen LogP) is 0.861. The van der Waals surface area contributed by atoms with E-state index in [2.05, 4.69) is 15.3 Å². The van der Waals surface area contributed by atoms with Gasteiger partial charge >= 0.3 is 0 Å². The van der Waals surface area contributed by atoms with Crippen LogP contribution in [-0.2, 0) is 4.79 Å². The van der Waals surface area contributed by atoms with Crippen molar-refractivity contribution < 1.29 is 9.53 Å². The van der Waals surface area contributed by atoms with Gasteiger partial charge in [0.25, 0.3) is 0 Å². The number of rotatable bonds is 7. The Hall–Kier alpha value is -1.85. The molecule has 0 spiro atoms. The third-order valence-corrected chi connectivity index (χ3v) is 1.94. The lowest BCUT2D eigenvalue weighted by molar-refractivity contribution is -0.117. The lowest BCUT2D eigenvalue weighted by atomic mass is 10.4. The van der Waals surface area contributed by atoms with Gasteiger partial charge in [-0.15, -0.1) is 0 Å².